The third-order valence-electron chi connectivity index (χ3n) is 4.52. The molecule has 28 heavy (non-hydrogen) atoms. The summed E-state index contributed by atoms with van der Waals surface area (Å²) in [6.45, 7) is 0.266. The van der Waals surface area contributed by atoms with Crippen LogP contribution in [0.15, 0.2) is 36.7 Å². The Kier molecular flexibility index (Phi) is 4.74. The highest BCUT2D eigenvalue weighted by Crippen LogP contribution is 2.43. The van der Waals surface area contributed by atoms with E-state index in [0.29, 0.717) is 17.4 Å². The summed E-state index contributed by atoms with van der Waals surface area (Å²) in [4.78, 5) is 11.9. The van der Waals surface area contributed by atoms with Crippen molar-refractivity contribution in [1.82, 2.24) is 19.5 Å². The largest absolute Gasteiger partial charge is 0.472 e. The van der Waals surface area contributed by atoms with Crippen LogP contribution in [-0.4, -0.2) is 19.5 Å². The van der Waals surface area contributed by atoms with Gasteiger partial charge >= 0.3 is 6.18 Å². The lowest BCUT2D eigenvalue weighted by Crippen LogP contribution is -2.04. The fourth-order valence-electron chi connectivity index (χ4n) is 2.92. The molecule has 9 heteroatoms. The molecular weight excluding hydrogens is 393 g/mol. The number of aromatic nitrogens is 4. The minimum Gasteiger partial charge on any atom is -0.472 e. The van der Waals surface area contributed by atoms with Crippen molar-refractivity contribution in [3.8, 4) is 17.3 Å². The molecule has 2 aromatic heterocycles. The molecule has 5 nitrogen and oxygen atoms in total. The number of benzene rings is 1. The third kappa shape index (κ3) is 3.96. The average molecular weight is 409 g/mol. The second-order valence-electron chi connectivity index (χ2n) is 6.72. The van der Waals surface area contributed by atoms with Crippen molar-refractivity contribution >= 4 is 11.6 Å². The van der Waals surface area contributed by atoms with Gasteiger partial charge in [0.05, 0.1) is 0 Å². The second-order valence-corrected chi connectivity index (χ2v) is 7.06. The molecule has 1 saturated carbocycles. The summed E-state index contributed by atoms with van der Waals surface area (Å²) in [7, 11) is 1.53. The first-order valence-electron chi connectivity index (χ1n) is 8.66. The van der Waals surface area contributed by atoms with Gasteiger partial charge in [-0.15, -0.1) is 0 Å². The highest BCUT2D eigenvalue weighted by Gasteiger charge is 2.34. The molecule has 0 N–H and O–H groups in total. The Labute approximate surface area is 164 Å². The maximum Gasteiger partial charge on any atom is 0.434 e. The van der Waals surface area contributed by atoms with Gasteiger partial charge in [-0.3, -0.25) is 0 Å². The van der Waals surface area contributed by atoms with E-state index >= 15 is 0 Å². The molecule has 1 aliphatic rings. The lowest BCUT2D eigenvalue weighted by atomic mass is 10.1. The number of nitrogens with zero attached hydrogens (tertiary/aromatic N) is 4. The third-order valence-corrected chi connectivity index (χ3v) is 4.70. The first-order chi connectivity index (χ1) is 13.3. The highest BCUT2D eigenvalue weighted by atomic mass is 35.5. The molecule has 0 amide bonds. The normalized spacial score (nSPS) is 14.3. The molecule has 0 unspecified atom stereocenters. The van der Waals surface area contributed by atoms with Crippen LogP contribution in [0.3, 0.4) is 0 Å². The lowest BCUT2D eigenvalue weighted by molar-refractivity contribution is -0.140. The highest BCUT2D eigenvalue weighted by molar-refractivity contribution is 6.28. The van der Waals surface area contributed by atoms with Gasteiger partial charge in [-0.05, 0) is 35.9 Å². The summed E-state index contributed by atoms with van der Waals surface area (Å²) in [6, 6.07) is 7.01. The number of imidazole rings is 1. The predicted molar refractivity (Wildman–Crippen MR) is 97.0 cm³/mol. The predicted octanol–water partition coefficient (Wildman–Crippen LogP) is 5.01. The molecule has 146 valence electrons. The average Bonchev–Trinajstić information content (AvgIpc) is 3.41. The van der Waals surface area contributed by atoms with Crippen LogP contribution in [0.25, 0.3) is 11.4 Å². The SMILES string of the molecule is Cn1cc(C(F)(F)F)nc1-c1ccc(COc2nc(Cl)ncc2C2CC2)cc1. The van der Waals surface area contributed by atoms with E-state index < -0.39 is 11.9 Å². The lowest BCUT2D eigenvalue weighted by Gasteiger charge is -2.10. The van der Waals surface area contributed by atoms with E-state index in [0.717, 1.165) is 30.2 Å². The van der Waals surface area contributed by atoms with Crippen LogP contribution in [0.5, 0.6) is 5.88 Å². The van der Waals surface area contributed by atoms with E-state index in [9.17, 15) is 13.2 Å². The number of hydrogen-bond acceptors (Lipinski definition) is 4. The Bertz CT molecular complexity index is 997. The summed E-state index contributed by atoms with van der Waals surface area (Å²) < 4.78 is 45.7. The summed E-state index contributed by atoms with van der Waals surface area (Å²) in [5.74, 6) is 1.14. The van der Waals surface area contributed by atoms with Gasteiger partial charge in [0, 0.05) is 30.6 Å². The van der Waals surface area contributed by atoms with Crippen molar-refractivity contribution < 1.29 is 17.9 Å². The number of aryl methyl sites for hydroxylation is 1. The molecule has 2 heterocycles. The van der Waals surface area contributed by atoms with E-state index in [1.807, 2.05) is 0 Å². The molecule has 1 aromatic carbocycles. The van der Waals surface area contributed by atoms with E-state index in [4.69, 9.17) is 16.3 Å². The van der Waals surface area contributed by atoms with Crippen LogP contribution in [0.2, 0.25) is 5.28 Å². The maximum atomic E-state index is 12.8. The van der Waals surface area contributed by atoms with Crippen molar-refractivity contribution in [1.29, 1.82) is 0 Å². The van der Waals surface area contributed by atoms with Gasteiger partial charge < -0.3 is 9.30 Å². The van der Waals surface area contributed by atoms with Crippen molar-refractivity contribution in [2.24, 2.45) is 7.05 Å². The van der Waals surface area contributed by atoms with E-state index in [1.165, 1.54) is 11.6 Å². The van der Waals surface area contributed by atoms with Crippen molar-refractivity contribution in [2.75, 3.05) is 0 Å². The van der Waals surface area contributed by atoms with Crippen LogP contribution >= 0.6 is 11.6 Å². The van der Waals surface area contributed by atoms with Gasteiger partial charge in [-0.1, -0.05) is 24.3 Å². The molecule has 1 fully saturated rings. The Morgan fingerprint density at radius 2 is 1.89 bits per heavy atom. The standard InChI is InChI=1S/C19H16ClF3N4O/c1-27-9-15(19(21,22)23)25-16(27)13-4-2-11(3-5-13)10-28-17-14(12-6-7-12)8-24-18(20)26-17/h2-5,8-9,12H,6-7,10H2,1H3. The van der Waals surface area contributed by atoms with Gasteiger partial charge in [0.25, 0.3) is 0 Å². The monoisotopic (exact) mass is 408 g/mol. The van der Waals surface area contributed by atoms with Gasteiger partial charge in [-0.2, -0.15) is 18.2 Å². The van der Waals surface area contributed by atoms with Gasteiger partial charge in [-0.25, -0.2) is 9.97 Å². The molecule has 0 radical (unpaired) electrons. The van der Waals surface area contributed by atoms with Crippen LogP contribution < -0.4 is 4.74 Å². The summed E-state index contributed by atoms with van der Waals surface area (Å²) >= 11 is 5.87. The molecule has 0 spiro atoms. The van der Waals surface area contributed by atoms with Crippen molar-refractivity contribution in [2.45, 2.75) is 31.5 Å². The van der Waals surface area contributed by atoms with Crippen LogP contribution in [0.1, 0.15) is 35.6 Å². The molecule has 0 bridgehead atoms. The number of alkyl halides is 3. The van der Waals surface area contributed by atoms with Crippen molar-refractivity contribution in [3.05, 3.63) is 58.8 Å². The maximum absolute atomic E-state index is 12.8. The first-order valence-corrected chi connectivity index (χ1v) is 9.04. The topological polar surface area (TPSA) is 52.8 Å². The van der Waals surface area contributed by atoms with Gasteiger partial charge in [0.15, 0.2) is 5.69 Å². The number of halogens is 4. The van der Waals surface area contributed by atoms with Gasteiger partial charge in [0.2, 0.25) is 11.2 Å². The zero-order chi connectivity index (χ0) is 19.9. The minimum absolute atomic E-state index is 0.130. The van der Waals surface area contributed by atoms with E-state index in [2.05, 4.69) is 15.0 Å². The fraction of sp³-hybridized carbons (Fsp3) is 0.316. The first kappa shape index (κ1) is 18.7. The van der Waals surface area contributed by atoms with Crippen LogP contribution in [0.4, 0.5) is 13.2 Å². The van der Waals surface area contributed by atoms with E-state index in [-0.39, 0.29) is 17.7 Å². The Balaban J connectivity index is 1.49. The number of rotatable bonds is 5. The molecule has 3 aromatic rings. The second kappa shape index (κ2) is 7.09. The Morgan fingerprint density at radius 1 is 1.18 bits per heavy atom. The fourth-order valence-corrected chi connectivity index (χ4v) is 3.04. The molecule has 1 aliphatic carbocycles. The summed E-state index contributed by atoms with van der Waals surface area (Å²) in [6.07, 6.45) is 0.372. The Hall–Kier alpha value is -2.61. The zero-order valence-corrected chi connectivity index (χ0v) is 15.6. The molecule has 0 atom stereocenters. The molecule has 0 saturated heterocycles. The van der Waals surface area contributed by atoms with E-state index in [1.54, 1.807) is 30.5 Å². The minimum atomic E-state index is -4.47. The number of ether oxygens (including phenoxy) is 1. The number of hydrogen-bond donors (Lipinski definition) is 0. The molecular formula is C19H16ClF3N4O. The summed E-state index contributed by atoms with van der Waals surface area (Å²) in [5.41, 5.74) is 1.48. The zero-order valence-electron chi connectivity index (χ0n) is 14.9. The van der Waals surface area contributed by atoms with Crippen molar-refractivity contribution in [3.63, 3.8) is 0 Å². The summed E-state index contributed by atoms with van der Waals surface area (Å²) in [5, 5.41) is 0.130. The van der Waals surface area contributed by atoms with Gasteiger partial charge in [0.1, 0.15) is 12.4 Å². The molecule has 0 aliphatic heterocycles. The van der Waals surface area contributed by atoms with Crippen LogP contribution in [-0.2, 0) is 19.8 Å². The quantitative estimate of drug-likeness (QED) is 0.557. The smallest absolute Gasteiger partial charge is 0.434 e. The molecule has 4 rings (SSSR count). The Morgan fingerprint density at radius 3 is 2.50 bits per heavy atom. The van der Waals surface area contributed by atoms with Crippen LogP contribution in [0, 0.1) is 0 Å².